The van der Waals surface area contributed by atoms with Crippen LogP contribution in [0.4, 0.5) is 19.1 Å². The molecule has 9 heteroatoms. The fourth-order valence-electron chi connectivity index (χ4n) is 4.15. The Balaban J connectivity index is 1.52. The van der Waals surface area contributed by atoms with E-state index in [1.165, 1.54) is 6.07 Å². The van der Waals surface area contributed by atoms with Crippen molar-refractivity contribution in [3.8, 4) is 17.0 Å². The highest BCUT2D eigenvalue weighted by Crippen LogP contribution is 2.38. The topological polar surface area (TPSA) is 63.5 Å². The summed E-state index contributed by atoms with van der Waals surface area (Å²) < 4.78 is 48.1. The molecule has 6 nitrogen and oxygen atoms in total. The Morgan fingerprint density at radius 2 is 1.91 bits per heavy atom. The van der Waals surface area contributed by atoms with Crippen LogP contribution in [0.1, 0.15) is 24.0 Å². The van der Waals surface area contributed by atoms with E-state index in [1.54, 1.807) is 0 Å². The molecule has 0 aliphatic carbocycles. The van der Waals surface area contributed by atoms with Crippen LogP contribution in [0.2, 0.25) is 0 Å². The second-order valence-electron chi connectivity index (χ2n) is 8.31. The minimum atomic E-state index is -4.48. The highest BCUT2D eigenvalue weighted by molar-refractivity contribution is 5.81. The van der Waals surface area contributed by atoms with Crippen LogP contribution < -0.4 is 15.4 Å². The Hall–Kier alpha value is -3.59. The molecule has 2 aromatic heterocycles. The predicted octanol–water partition coefficient (Wildman–Crippen LogP) is 5.16. The number of nitrogens with one attached hydrogen (secondary N) is 2. The van der Waals surface area contributed by atoms with Crippen molar-refractivity contribution in [2.75, 3.05) is 18.4 Å². The van der Waals surface area contributed by atoms with Crippen molar-refractivity contribution in [1.29, 1.82) is 0 Å². The molecule has 0 saturated carbocycles. The van der Waals surface area contributed by atoms with Gasteiger partial charge in [-0.3, -0.25) is 4.40 Å². The molecule has 0 radical (unpaired) electrons. The lowest BCUT2D eigenvalue weighted by Gasteiger charge is -2.24. The van der Waals surface area contributed by atoms with Crippen LogP contribution in [0.5, 0.6) is 5.75 Å². The first-order valence-electron chi connectivity index (χ1n) is 11.2. The first kappa shape index (κ1) is 22.2. The van der Waals surface area contributed by atoms with Crippen LogP contribution in [0.15, 0.2) is 66.9 Å². The first-order valence-corrected chi connectivity index (χ1v) is 11.2. The number of anilines is 1. The number of alkyl halides is 3. The Morgan fingerprint density at radius 3 is 2.68 bits per heavy atom. The van der Waals surface area contributed by atoms with Crippen molar-refractivity contribution in [2.45, 2.75) is 31.7 Å². The maximum absolute atomic E-state index is 13.4. The molecule has 1 fully saturated rings. The molecule has 0 amide bonds. The van der Waals surface area contributed by atoms with Crippen LogP contribution >= 0.6 is 0 Å². The molecule has 2 N–H and O–H groups in total. The van der Waals surface area contributed by atoms with E-state index in [9.17, 15) is 13.2 Å². The van der Waals surface area contributed by atoms with Gasteiger partial charge in [-0.1, -0.05) is 30.3 Å². The summed E-state index contributed by atoms with van der Waals surface area (Å²) in [6, 6.07) is 16.7. The lowest BCUT2D eigenvalue weighted by molar-refractivity contribution is -0.137. The molecule has 2 aromatic carbocycles. The van der Waals surface area contributed by atoms with Gasteiger partial charge in [0.25, 0.3) is 0 Å². The maximum atomic E-state index is 13.4. The molecule has 1 unspecified atom stereocenters. The van der Waals surface area contributed by atoms with E-state index in [2.05, 4.69) is 20.8 Å². The van der Waals surface area contributed by atoms with Gasteiger partial charge in [-0.25, -0.2) is 0 Å². The maximum Gasteiger partial charge on any atom is 0.416 e. The fraction of sp³-hybridized carbons (Fsp3) is 0.280. The summed E-state index contributed by atoms with van der Waals surface area (Å²) in [4.78, 5) is 0. The van der Waals surface area contributed by atoms with Crippen LogP contribution in [-0.2, 0) is 12.8 Å². The van der Waals surface area contributed by atoms with Crippen molar-refractivity contribution in [3.63, 3.8) is 0 Å². The van der Waals surface area contributed by atoms with Crippen molar-refractivity contribution in [3.05, 3.63) is 78.0 Å². The minimum Gasteiger partial charge on any atom is -0.488 e. The van der Waals surface area contributed by atoms with Gasteiger partial charge in [-0.05, 0) is 55.3 Å². The molecule has 1 atom stereocenters. The zero-order chi connectivity index (χ0) is 23.5. The number of nitrogens with zero attached hydrogens (tertiary/aromatic N) is 3. The molecule has 1 aliphatic rings. The highest BCUT2D eigenvalue weighted by atomic mass is 19.4. The summed E-state index contributed by atoms with van der Waals surface area (Å²) >= 11 is 0. The zero-order valence-corrected chi connectivity index (χ0v) is 18.3. The number of rotatable bonds is 6. The molecule has 0 spiro atoms. The third-order valence-electron chi connectivity index (χ3n) is 5.90. The number of aromatic nitrogens is 3. The number of halogens is 3. The molecular weight excluding hydrogens is 443 g/mol. The zero-order valence-electron chi connectivity index (χ0n) is 18.3. The molecule has 0 bridgehead atoms. The third-order valence-corrected chi connectivity index (χ3v) is 5.90. The SMILES string of the molecule is FC(F)(F)c1ccc(-c2nnc(NC3CCCNC3)n3cccc23)c(OCc2ccccc2)c1. The fourth-order valence-corrected chi connectivity index (χ4v) is 4.15. The summed E-state index contributed by atoms with van der Waals surface area (Å²) in [5, 5.41) is 15.6. The molecule has 4 aromatic rings. The standard InChI is InChI=1S/C25H24F3N5O/c26-25(27,28)18-10-11-20(22(14-18)34-16-17-6-2-1-3-7-17)23-21-9-5-13-33(21)24(32-31-23)30-19-8-4-12-29-15-19/h1-3,5-7,9-11,13-14,19,29H,4,8,12,15-16H2,(H,30,32). The highest BCUT2D eigenvalue weighted by Gasteiger charge is 2.32. The Kier molecular flexibility index (Phi) is 6.10. The van der Waals surface area contributed by atoms with E-state index in [1.807, 2.05) is 53.1 Å². The number of piperidine rings is 1. The number of hydrogen-bond donors (Lipinski definition) is 2. The van der Waals surface area contributed by atoms with E-state index in [4.69, 9.17) is 4.74 Å². The van der Waals surface area contributed by atoms with Crippen LogP contribution in [-0.4, -0.2) is 33.7 Å². The van der Waals surface area contributed by atoms with Gasteiger partial charge in [-0.2, -0.15) is 13.2 Å². The van der Waals surface area contributed by atoms with Gasteiger partial charge in [-0.15, -0.1) is 10.2 Å². The monoisotopic (exact) mass is 467 g/mol. The van der Waals surface area contributed by atoms with Gasteiger partial charge in [0.05, 0.1) is 11.1 Å². The third kappa shape index (κ3) is 4.70. The van der Waals surface area contributed by atoms with Crippen molar-refractivity contribution in [2.24, 2.45) is 0 Å². The van der Waals surface area contributed by atoms with E-state index in [0.717, 1.165) is 49.1 Å². The molecule has 34 heavy (non-hydrogen) atoms. The number of ether oxygens (including phenoxy) is 1. The summed E-state index contributed by atoms with van der Waals surface area (Å²) in [5.41, 5.74) is 1.71. The lowest BCUT2D eigenvalue weighted by atomic mass is 10.1. The summed E-state index contributed by atoms with van der Waals surface area (Å²) in [7, 11) is 0. The molecule has 3 heterocycles. The largest absolute Gasteiger partial charge is 0.488 e. The molecule has 1 aliphatic heterocycles. The summed E-state index contributed by atoms with van der Waals surface area (Å²) in [6.07, 6.45) is -0.525. The molecule has 176 valence electrons. The normalized spacial score (nSPS) is 16.5. The van der Waals surface area contributed by atoms with E-state index in [0.29, 0.717) is 17.2 Å². The predicted molar refractivity (Wildman–Crippen MR) is 124 cm³/mol. The second kappa shape index (κ2) is 9.34. The Labute approximate surface area is 194 Å². The van der Waals surface area contributed by atoms with Gasteiger partial charge in [0.2, 0.25) is 5.95 Å². The van der Waals surface area contributed by atoms with Crippen LogP contribution in [0, 0.1) is 0 Å². The van der Waals surface area contributed by atoms with Gasteiger partial charge in [0.15, 0.2) is 0 Å². The lowest BCUT2D eigenvalue weighted by Crippen LogP contribution is -2.39. The van der Waals surface area contributed by atoms with E-state index in [-0.39, 0.29) is 18.4 Å². The second-order valence-corrected chi connectivity index (χ2v) is 8.31. The quantitative estimate of drug-likeness (QED) is 0.410. The van der Waals surface area contributed by atoms with Gasteiger partial charge < -0.3 is 15.4 Å². The van der Waals surface area contributed by atoms with E-state index >= 15 is 0 Å². The minimum absolute atomic E-state index is 0.105. The summed E-state index contributed by atoms with van der Waals surface area (Å²) in [5.74, 6) is 0.699. The van der Waals surface area contributed by atoms with Gasteiger partial charge in [0, 0.05) is 24.3 Å². The van der Waals surface area contributed by atoms with Crippen LogP contribution in [0.25, 0.3) is 16.8 Å². The molecule has 1 saturated heterocycles. The average molecular weight is 467 g/mol. The van der Waals surface area contributed by atoms with Gasteiger partial charge in [0.1, 0.15) is 18.1 Å². The first-order chi connectivity index (χ1) is 16.5. The number of hydrogen-bond acceptors (Lipinski definition) is 5. The Bertz CT molecular complexity index is 1270. The van der Waals surface area contributed by atoms with Gasteiger partial charge >= 0.3 is 6.18 Å². The van der Waals surface area contributed by atoms with Crippen molar-refractivity contribution < 1.29 is 17.9 Å². The van der Waals surface area contributed by atoms with E-state index < -0.39 is 11.7 Å². The number of benzene rings is 2. The molecule has 5 rings (SSSR count). The van der Waals surface area contributed by atoms with Crippen molar-refractivity contribution >= 4 is 11.5 Å². The number of fused-ring (bicyclic) bond motifs is 1. The summed E-state index contributed by atoms with van der Waals surface area (Å²) in [6.45, 7) is 1.97. The van der Waals surface area contributed by atoms with Crippen LogP contribution in [0.3, 0.4) is 0 Å². The smallest absolute Gasteiger partial charge is 0.416 e. The molecular formula is C25H24F3N5O. The van der Waals surface area contributed by atoms with Crippen molar-refractivity contribution in [1.82, 2.24) is 19.9 Å². The average Bonchev–Trinajstić information content (AvgIpc) is 3.34. The Morgan fingerprint density at radius 1 is 1.06 bits per heavy atom.